The van der Waals surface area contributed by atoms with Gasteiger partial charge < -0.3 is 14.8 Å². The lowest BCUT2D eigenvalue weighted by atomic mass is 9.99. The van der Waals surface area contributed by atoms with Crippen LogP contribution < -0.4 is 10.0 Å². The van der Waals surface area contributed by atoms with Crippen molar-refractivity contribution in [3.8, 4) is 0 Å². The van der Waals surface area contributed by atoms with E-state index in [9.17, 15) is 13.2 Å². The van der Waals surface area contributed by atoms with E-state index in [1.807, 2.05) is 0 Å². The molecule has 2 rings (SSSR count). The number of methoxy groups -OCH3 is 2. The van der Waals surface area contributed by atoms with E-state index in [-0.39, 0.29) is 33.6 Å². The Morgan fingerprint density at radius 3 is 2.74 bits per heavy atom. The number of carbonyl (C=O) groups excluding carboxylic acids is 1. The summed E-state index contributed by atoms with van der Waals surface area (Å²) in [7, 11) is -0.806. The van der Waals surface area contributed by atoms with Gasteiger partial charge >= 0.3 is 5.97 Å². The average molecular weight is 385 g/mol. The van der Waals surface area contributed by atoms with E-state index in [0.29, 0.717) is 6.61 Å². The van der Waals surface area contributed by atoms with Crippen molar-refractivity contribution in [2.24, 2.45) is 0 Å². The fraction of sp³-hybridized carbons (Fsp3) is 0.615. The highest BCUT2D eigenvalue weighted by molar-refractivity contribution is 7.91. The minimum atomic E-state index is -3.66. The van der Waals surface area contributed by atoms with E-state index >= 15 is 0 Å². The fourth-order valence-corrected chi connectivity index (χ4v) is 4.85. The summed E-state index contributed by atoms with van der Waals surface area (Å²) in [5.41, 5.74) is -0.371. The molecule has 10 heteroatoms. The molecule has 2 N–H and O–H groups in total. The van der Waals surface area contributed by atoms with Gasteiger partial charge in [-0.05, 0) is 31.5 Å². The molecule has 0 aromatic carbocycles. The lowest BCUT2D eigenvalue weighted by molar-refractivity contribution is 0.0606. The molecule has 1 aliphatic heterocycles. The fourth-order valence-electron chi connectivity index (χ4n) is 2.45. The summed E-state index contributed by atoms with van der Waals surface area (Å²) in [6.07, 6.45) is 1.83. The minimum Gasteiger partial charge on any atom is -0.465 e. The first kappa shape index (κ1) is 20.3. The van der Waals surface area contributed by atoms with E-state index in [1.165, 1.54) is 19.2 Å². The van der Waals surface area contributed by atoms with Gasteiger partial charge in [0, 0.05) is 13.7 Å². The second kappa shape index (κ2) is 8.41. The van der Waals surface area contributed by atoms with Gasteiger partial charge in [0.2, 0.25) is 10.0 Å². The zero-order valence-corrected chi connectivity index (χ0v) is 15.4. The molecule has 1 aliphatic rings. The second-order valence-corrected chi connectivity index (χ2v) is 8.26. The van der Waals surface area contributed by atoms with Crippen LogP contribution in [0.15, 0.2) is 16.3 Å². The van der Waals surface area contributed by atoms with Crippen LogP contribution >= 0.6 is 23.7 Å². The quantitative estimate of drug-likeness (QED) is 0.681. The van der Waals surface area contributed by atoms with Crippen LogP contribution in [0.5, 0.6) is 0 Å². The van der Waals surface area contributed by atoms with Gasteiger partial charge in [-0.2, -0.15) is 0 Å². The lowest BCUT2D eigenvalue weighted by Crippen LogP contribution is -2.52. The Balaban J connectivity index is 0.00000264. The molecule has 1 unspecified atom stereocenters. The Labute approximate surface area is 146 Å². The van der Waals surface area contributed by atoms with E-state index in [2.05, 4.69) is 14.8 Å². The zero-order valence-electron chi connectivity index (χ0n) is 13.0. The Hall–Kier alpha value is -0.710. The van der Waals surface area contributed by atoms with Gasteiger partial charge in [0.05, 0.1) is 19.3 Å². The number of thiophene rings is 1. The number of halogens is 1. The number of esters is 1. The number of nitrogens with one attached hydrogen (secondary N) is 2. The molecule has 0 amide bonds. The van der Waals surface area contributed by atoms with Crippen molar-refractivity contribution in [1.29, 1.82) is 0 Å². The first-order valence-electron chi connectivity index (χ1n) is 6.84. The first-order chi connectivity index (χ1) is 10.4. The van der Waals surface area contributed by atoms with Crippen LogP contribution in [-0.4, -0.2) is 53.8 Å². The molecule has 1 aromatic rings. The van der Waals surface area contributed by atoms with Crippen molar-refractivity contribution >= 4 is 39.7 Å². The highest BCUT2D eigenvalue weighted by Crippen LogP contribution is 2.24. The highest BCUT2D eigenvalue weighted by atomic mass is 35.5. The largest absolute Gasteiger partial charge is 0.465 e. The molecular weight excluding hydrogens is 364 g/mol. The van der Waals surface area contributed by atoms with Crippen molar-refractivity contribution in [1.82, 2.24) is 10.0 Å². The van der Waals surface area contributed by atoms with E-state index < -0.39 is 16.0 Å². The molecule has 1 saturated heterocycles. The Morgan fingerprint density at radius 1 is 1.43 bits per heavy atom. The smallest absolute Gasteiger partial charge is 0.348 e. The van der Waals surface area contributed by atoms with E-state index in [4.69, 9.17) is 4.74 Å². The number of carbonyl (C=O) groups is 1. The van der Waals surface area contributed by atoms with Gasteiger partial charge in [-0.25, -0.2) is 17.9 Å². The summed E-state index contributed by atoms with van der Waals surface area (Å²) >= 11 is 0.891. The van der Waals surface area contributed by atoms with Gasteiger partial charge in [0.15, 0.2) is 0 Å². The molecular formula is C13H21ClN2O5S2. The SMILES string of the molecule is COCC1(CNS(=O)(=O)c2ccc(C(=O)OC)s2)CCCN1.Cl. The molecule has 1 atom stereocenters. The third-order valence-electron chi connectivity index (χ3n) is 3.59. The summed E-state index contributed by atoms with van der Waals surface area (Å²) < 4.78 is 37.1. The molecule has 7 nitrogen and oxygen atoms in total. The molecule has 0 bridgehead atoms. The van der Waals surface area contributed by atoms with Gasteiger partial charge in [-0.15, -0.1) is 23.7 Å². The van der Waals surface area contributed by atoms with Gasteiger partial charge in [0.1, 0.15) is 9.09 Å². The monoisotopic (exact) mass is 384 g/mol. The van der Waals surface area contributed by atoms with Crippen molar-refractivity contribution in [2.75, 3.05) is 33.9 Å². The number of sulfonamides is 1. The molecule has 0 saturated carbocycles. The summed E-state index contributed by atoms with van der Waals surface area (Å²) in [6, 6.07) is 2.86. The summed E-state index contributed by atoms with van der Waals surface area (Å²) in [6.45, 7) is 1.53. The van der Waals surface area contributed by atoms with Gasteiger partial charge in [-0.3, -0.25) is 0 Å². The third-order valence-corrected chi connectivity index (χ3v) is 6.54. The standard InChI is InChI=1S/C13H20N2O5S2.ClH/c1-19-9-13(6-3-7-14-13)8-15-22(17,18)11-5-4-10(21-11)12(16)20-2;/h4-5,14-15H,3,6-9H2,1-2H3;1H. The van der Waals surface area contributed by atoms with Crippen LogP contribution in [-0.2, 0) is 19.5 Å². The Bertz CT molecular complexity index is 626. The van der Waals surface area contributed by atoms with Gasteiger partial charge in [-0.1, -0.05) is 0 Å². The molecule has 132 valence electrons. The van der Waals surface area contributed by atoms with Crippen LogP contribution in [0, 0.1) is 0 Å². The van der Waals surface area contributed by atoms with Crippen molar-refractivity contribution in [2.45, 2.75) is 22.6 Å². The summed E-state index contributed by atoms with van der Waals surface area (Å²) in [5, 5.41) is 3.30. The van der Waals surface area contributed by atoms with E-state index in [0.717, 1.165) is 30.7 Å². The maximum absolute atomic E-state index is 12.3. The predicted molar refractivity (Wildman–Crippen MR) is 89.9 cm³/mol. The predicted octanol–water partition coefficient (Wildman–Crippen LogP) is 1.00. The molecule has 23 heavy (non-hydrogen) atoms. The molecule has 0 aliphatic carbocycles. The number of hydrogen-bond donors (Lipinski definition) is 2. The topological polar surface area (TPSA) is 93.7 Å². The van der Waals surface area contributed by atoms with Crippen LogP contribution in [0.25, 0.3) is 0 Å². The van der Waals surface area contributed by atoms with Crippen LogP contribution in [0.4, 0.5) is 0 Å². The van der Waals surface area contributed by atoms with Gasteiger partial charge in [0.25, 0.3) is 0 Å². The number of rotatable bonds is 7. The highest BCUT2D eigenvalue weighted by Gasteiger charge is 2.35. The zero-order chi connectivity index (χ0) is 16.2. The summed E-state index contributed by atoms with van der Waals surface area (Å²) in [5.74, 6) is -0.542. The van der Waals surface area contributed by atoms with E-state index in [1.54, 1.807) is 7.11 Å². The van der Waals surface area contributed by atoms with Crippen LogP contribution in [0.3, 0.4) is 0 Å². The molecule has 1 fully saturated rings. The molecule has 2 heterocycles. The Morgan fingerprint density at radius 2 is 2.17 bits per heavy atom. The maximum atomic E-state index is 12.3. The average Bonchev–Trinajstić information content (AvgIpc) is 3.15. The normalized spacial score (nSPS) is 21.0. The molecule has 1 aromatic heterocycles. The van der Waals surface area contributed by atoms with Crippen LogP contribution in [0.2, 0.25) is 0 Å². The second-order valence-electron chi connectivity index (χ2n) is 5.18. The maximum Gasteiger partial charge on any atom is 0.348 e. The van der Waals surface area contributed by atoms with Crippen LogP contribution in [0.1, 0.15) is 22.5 Å². The summed E-state index contributed by atoms with van der Waals surface area (Å²) in [4.78, 5) is 11.7. The van der Waals surface area contributed by atoms with Crippen molar-refractivity contribution < 1.29 is 22.7 Å². The van der Waals surface area contributed by atoms with Crippen molar-refractivity contribution in [3.63, 3.8) is 0 Å². The lowest BCUT2D eigenvalue weighted by Gasteiger charge is -2.28. The number of hydrogen-bond acceptors (Lipinski definition) is 7. The number of ether oxygens (including phenoxy) is 2. The minimum absolute atomic E-state index is 0. The third kappa shape index (κ3) is 4.88. The molecule has 0 radical (unpaired) electrons. The molecule has 0 spiro atoms. The van der Waals surface area contributed by atoms with Crippen molar-refractivity contribution in [3.05, 3.63) is 17.0 Å². The first-order valence-corrected chi connectivity index (χ1v) is 9.14. The Kier molecular flexibility index (Phi) is 7.43.